The average Bonchev–Trinajstić information content (AvgIpc) is 2.41. The molecule has 0 radical (unpaired) electrons. The van der Waals surface area contributed by atoms with E-state index < -0.39 is 10.8 Å². The van der Waals surface area contributed by atoms with E-state index in [-0.39, 0.29) is 27.2 Å². The van der Waals surface area contributed by atoms with Gasteiger partial charge in [-0.1, -0.05) is 35.3 Å². The van der Waals surface area contributed by atoms with Crippen molar-refractivity contribution in [3.63, 3.8) is 0 Å². The largest absolute Gasteiger partial charge is 0.316 e. The van der Waals surface area contributed by atoms with Gasteiger partial charge in [-0.2, -0.15) is 0 Å². The lowest BCUT2D eigenvalue weighted by Crippen LogP contribution is -2.14. The van der Waals surface area contributed by atoms with Crippen LogP contribution < -0.4 is 5.32 Å². The molecule has 1 amide bonds. The second kappa shape index (κ2) is 5.81. The summed E-state index contributed by atoms with van der Waals surface area (Å²) in [4.78, 5) is 22.3. The fourth-order valence-corrected chi connectivity index (χ4v) is 1.77. The van der Waals surface area contributed by atoms with Crippen molar-refractivity contribution >= 4 is 40.5 Å². The van der Waals surface area contributed by atoms with E-state index in [1.807, 2.05) is 0 Å². The molecule has 0 bridgehead atoms. The molecule has 2 rings (SSSR count). The normalized spacial score (nSPS) is 10.1. The van der Waals surface area contributed by atoms with Crippen LogP contribution in [0.4, 0.5) is 11.4 Å². The van der Waals surface area contributed by atoms with Crippen LogP contribution in [-0.2, 0) is 0 Å². The third-order valence-corrected chi connectivity index (χ3v) is 2.78. The van der Waals surface area contributed by atoms with Crippen LogP contribution in [0, 0.1) is 10.1 Å². The number of hydrogen-bond donors (Lipinski definition) is 1. The van der Waals surface area contributed by atoms with Crippen molar-refractivity contribution < 1.29 is 9.72 Å². The molecule has 1 N–H and O–H groups in total. The van der Waals surface area contributed by atoms with E-state index in [4.69, 9.17) is 23.2 Å². The number of halogens is 2. The summed E-state index contributed by atoms with van der Waals surface area (Å²) in [6.07, 6.45) is 0. The van der Waals surface area contributed by atoms with E-state index in [0.717, 1.165) is 0 Å². The van der Waals surface area contributed by atoms with Gasteiger partial charge in [-0.25, -0.2) is 0 Å². The van der Waals surface area contributed by atoms with Crippen molar-refractivity contribution in [3.05, 3.63) is 56.3 Å². The highest BCUT2D eigenvalue weighted by atomic mass is 35.5. The molecule has 0 unspecified atom stereocenters. The van der Waals surface area contributed by atoms with Gasteiger partial charge >= 0.3 is 0 Å². The van der Waals surface area contributed by atoms with Crippen molar-refractivity contribution in [1.29, 1.82) is 0 Å². The summed E-state index contributed by atoms with van der Waals surface area (Å²) in [5, 5.41) is 20.0. The van der Waals surface area contributed by atoms with Gasteiger partial charge in [-0.3, -0.25) is 14.9 Å². The zero-order valence-corrected chi connectivity index (χ0v) is 11.2. The Morgan fingerprint density at radius 2 is 1.95 bits per heavy atom. The zero-order valence-electron chi connectivity index (χ0n) is 9.71. The zero-order chi connectivity index (χ0) is 14.7. The first kappa shape index (κ1) is 14.2. The minimum absolute atomic E-state index is 0.0119. The highest BCUT2D eigenvalue weighted by molar-refractivity contribution is 6.34. The van der Waals surface area contributed by atoms with Gasteiger partial charge in [-0.05, 0) is 12.1 Å². The molecule has 102 valence electrons. The molecular formula is C11H6Cl2N4O3. The number of nitro groups is 1. The van der Waals surface area contributed by atoms with E-state index in [0.29, 0.717) is 0 Å². The lowest BCUT2D eigenvalue weighted by Gasteiger charge is -2.06. The van der Waals surface area contributed by atoms with E-state index in [9.17, 15) is 14.9 Å². The van der Waals surface area contributed by atoms with E-state index in [1.165, 1.54) is 24.3 Å². The number of benzene rings is 1. The van der Waals surface area contributed by atoms with E-state index in [2.05, 4.69) is 15.5 Å². The molecule has 1 heterocycles. The third-order valence-electron chi connectivity index (χ3n) is 2.31. The quantitative estimate of drug-likeness (QED) is 0.694. The Morgan fingerprint density at radius 1 is 1.25 bits per heavy atom. The predicted octanol–water partition coefficient (Wildman–Crippen LogP) is 2.94. The maximum atomic E-state index is 12.0. The number of nitrogens with zero attached hydrogens (tertiary/aromatic N) is 3. The molecule has 0 saturated carbocycles. The van der Waals surface area contributed by atoms with Crippen LogP contribution in [0.5, 0.6) is 0 Å². The standard InChI is InChI=1S/C11H6Cl2N4O3/c12-9-5-6(10(13)16-15-9)11(18)14-7-3-1-2-4-8(7)17(19)20/h1-5H,(H,14,18). The van der Waals surface area contributed by atoms with Crippen molar-refractivity contribution in [1.82, 2.24) is 10.2 Å². The Hall–Kier alpha value is -2.25. The van der Waals surface area contributed by atoms with Gasteiger partial charge in [0.1, 0.15) is 5.69 Å². The van der Waals surface area contributed by atoms with Crippen molar-refractivity contribution in [2.24, 2.45) is 0 Å². The summed E-state index contributed by atoms with van der Waals surface area (Å²) >= 11 is 11.4. The van der Waals surface area contributed by atoms with Crippen molar-refractivity contribution in [2.75, 3.05) is 5.32 Å². The van der Waals surface area contributed by atoms with Crippen LogP contribution in [-0.4, -0.2) is 21.0 Å². The van der Waals surface area contributed by atoms with Crippen LogP contribution in [0.25, 0.3) is 0 Å². The summed E-state index contributed by atoms with van der Waals surface area (Å²) in [5.41, 5.74) is -0.207. The Labute approximate surface area is 122 Å². The number of hydrogen-bond acceptors (Lipinski definition) is 5. The molecule has 0 aliphatic heterocycles. The van der Waals surface area contributed by atoms with Crippen LogP contribution in [0.2, 0.25) is 10.3 Å². The molecule has 1 aromatic carbocycles. The number of aromatic nitrogens is 2. The number of carbonyl (C=O) groups excluding carboxylic acids is 1. The fraction of sp³-hybridized carbons (Fsp3) is 0. The van der Waals surface area contributed by atoms with Gasteiger partial charge in [0.15, 0.2) is 10.3 Å². The maximum Gasteiger partial charge on any atom is 0.292 e. The second-order valence-electron chi connectivity index (χ2n) is 3.60. The lowest BCUT2D eigenvalue weighted by molar-refractivity contribution is -0.383. The van der Waals surface area contributed by atoms with Gasteiger partial charge in [0.25, 0.3) is 11.6 Å². The molecule has 20 heavy (non-hydrogen) atoms. The number of nitrogens with one attached hydrogen (secondary N) is 1. The minimum Gasteiger partial charge on any atom is -0.316 e. The molecule has 0 atom stereocenters. The van der Waals surface area contributed by atoms with E-state index >= 15 is 0 Å². The van der Waals surface area contributed by atoms with Gasteiger partial charge < -0.3 is 5.32 Å². The average molecular weight is 313 g/mol. The highest BCUT2D eigenvalue weighted by Crippen LogP contribution is 2.25. The van der Waals surface area contributed by atoms with E-state index in [1.54, 1.807) is 6.07 Å². The Balaban J connectivity index is 2.33. The van der Waals surface area contributed by atoms with Gasteiger partial charge in [0.2, 0.25) is 0 Å². The SMILES string of the molecule is O=C(Nc1ccccc1[N+](=O)[O-])c1cc(Cl)nnc1Cl. The summed E-state index contributed by atoms with van der Waals surface area (Å²) < 4.78 is 0. The number of amides is 1. The maximum absolute atomic E-state index is 12.0. The molecule has 0 aliphatic carbocycles. The number of anilines is 1. The van der Waals surface area contributed by atoms with Gasteiger partial charge in [0, 0.05) is 6.07 Å². The molecular weight excluding hydrogens is 307 g/mol. The predicted molar refractivity (Wildman–Crippen MR) is 73.1 cm³/mol. The summed E-state index contributed by atoms with van der Waals surface area (Å²) in [6, 6.07) is 6.95. The van der Waals surface area contributed by atoms with Crippen LogP contribution in [0.1, 0.15) is 10.4 Å². The molecule has 0 fully saturated rings. The molecule has 7 nitrogen and oxygen atoms in total. The molecule has 0 saturated heterocycles. The Morgan fingerprint density at radius 3 is 2.65 bits per heavy atom. The number of rotatable bonds is 3. The molecule has 2 aromatic rings. The molecule has 0 aliphatic rings. The Kier molecular flexibility index (Phi) is 4.11. The fourth-order valence-electron chi connectivity index (χ4n) is 1.44. The molecule has 0 spiro atoms. The van der Waals surface area contributed by atoms with Crippen molar-refractivity contribution in [2.45, 2.75) is 0 Å². The highest BCUT2D eigenvalue weighted by Gasteiger charge is 2.18. The van der Waals surface area contributed by atoms with Crippen LogP contribution in [0.3, 0.4) is 0 Å². The lowest BCUT2D eigenvalue weighted by atomic mass is 10.2. The topological polar surface area (TPSA) is 98.0 Å². The minimum atomic E-state index is -0.666. The monoisotopic (exact) mass is 312 g/mol. The summed E-state index contributed by atoms with van der Waals surface area (Å²) in [6.45, 7) is 0. The number of nitro benzene ring substituents is 1. The third kappa shape index (κ3) is 3.01. The molecule has 1 aromatic heterocycles. The van der Waals surface area contributed by atoms with Crippen LogP contribution in [0.15, 0.2) is 30.3 Å². The first-order chi connectivity index (χ1) is 9.49. The summed E-state index contributed by atoms with van der Waals surface area (Å²) in [5.74, 6) is -0.666. The van der Waals surface area contributed by atoms with Gasteiger partial charge in [-0.15, -0.1) is 10.2 Å². The first-order valence-electron chi connectivity index (χ1n) is 5.22. The number of carbonyl (C=O) groups is 1. The smallest absolute Gasteiger partial charge is 0.292 e. The Bertz CT molecular complexity index is 693. The van der Waals surface area contributed by atoms with Gasteiger partial charge in [0.05, 0.1) is 10.5 Å². The first-order valence-corrected chi connectivity index (χ1v) is 5.98. The molecule has 9 heteroatoms. The van der Waals surface area contributed by atoms with Crippen molar-refractivity contribution in [3.8, 4) is 0 Å². The number of para-hydroxylation sites is 2. The summed E-state index contributed by atoms with van der Waals surface area (Å²) in [7, 11) is 0. The van der Waals surface area contributed by atoms with Crippen LogP contribution >= 0.6 is 23.2 Å². The second-order valence-corrected chi connectivity index (χ2v) is 4.35.